The number of nitrogens with zero attached hydrogens (tertiary/aromatic N) is 1. The normalized spacial score (nSPS) is 9.42. The summed E-state index contributed by atoms with van der Waals surface area (Å²) in [7, 11) is 0. The van der Waals surface area contributed by atoms with E-state index in [1.807, 2.05) is 12.1 Å². The number of carbonyl (C=O) groups excluding carboxylic acids is 1. The summed E-state index contributed by atoms with van der Waals surface area (Å²) in [4.78, 5) is 14.3. The second-order valence-corrected chi connectivity index (χ2v) is 2.46. The highest BCUT2D eigenvalue weighted by Crippen LogP contribution is 1.95. The van der Waals surface area contributed by atoms with Gasteiger partial charge in [-0.2, -0.15) is 0 Å². The summed E-state index contributed by atoms with van der Waals surface area (Å²) in [6.45, 7) is 3.84. The van der Waals surface area contributed by atoms with Crippen LogP contribution in [0.5, 0.6) is 0 Å². The lowest BCUT2D eigenvalue weighted by molar-refractivity contribution is -0.116. The van der Waals surface area contributed by atoms with Gasteiger partial charge in [0.1, 0.15) is 0 Å². The van der Waals surface area contributed by atoms with Crippen LogP contribution in [0.25, 0.3) is 0 Å². The molecule has 1 radical (unpaired) electrons. The van der Waals surface area contributed by atoms with E-state index in [1.165, 1.54) is 5.56 Å². The number of rotatable bonds is 3. The Bertz CT molecular complexity index is 246. The van der Waals surface area contributed by atoms with Crippen LogP contribution >= 0.6 is 0 Å². The average molecular weight is 163 g/mol. The van der Waals surface area contributed by atoms with E-state index in [0.717, 1.165) is 6.42 Å². The summed E-state index contributed by atoms with van der Waals surface area (Å²) in [5, 5.41) is 2.62. The zero-order chi connectivity index (χ0) is 8.81. The van der Waals surface area contributed by atoms with Gasteiger partial charge in [0, 0.05) is 25.9 Å². The smallest absolute Gasteiger partial charge is 0.220 e. The average Bonchev–Trinajstić information content (AvgIpc) is 2.05. The number of aromatic nitrogens is 1. The number of hydrogen-bond acceptors (Lipinski definition) is 2. The molecule has 0 unspecified atom stereocenters. The number of nitrogens with one attached hydrogen (secondary N) is 1. The van der Waals surface area contributed by atoms with Gasteiger partial charge in [-0.1, -0.05) is 0 Å². The lowest BCUT2D eigenvalue weighted by Crippen LogP contribution is -2.22. The molecule has 1 amide bonds. The number of pyridine rings is 1. The standard InChI is InChI=1S/C9H11N2O/c1-8(12)11-7-4-9-2-5-10-6-3-9/h2-3,5-6H,1,4,7H2,(H,11,12). The molecule has 63 valence electrons. The Morgan fingerprint density at radius 3 is 2.75 bits per heavy atom. The summed E-state index contributed by atoms with van der Waals surface area (Å²) < 4.78 is 0. The third-order valence-corrected chi connectivity index (χ3v) is 1.49. The van der Waals surface area contributed by atoms with Crippen LogP contribution in [0.3, 0.4) is 0 Å². The molecule has 1 rings (SSSR count). The monoisotopic (exact) mass is 163 g/mol. The first kappa shape index (κ1) is 8.71. The number of carbonyl (C=O) groups is 1. The largest absolute Gasteiger partial charge is 0.356 e. The number of amides is 1. The Hall–Kier alpha value is -1.38. The summed E-state index contributed by atoms with van der Waals surface area (Å²) >= 11 is 0. The highest BCUT2D eigenvalue weighted by molar-refractivity contribution is 5.79. The van der Waals surface area contributed by atoms with Crippen LogP contribution in [-0.4, -0.2) is 17.4 Å². The minimum Gasteiger partial charge on any atom is -0.356 e. The Morgan fingerprint density at radius 2 is 2.17 bits per heavy atom. The maximum atomic E-state index is 10.4. The highest BCUT2D eigenvalue weighted by atomic mass is 16.1. The van der Waals surface area contributed by atoms with Crippen molar-refractivity contribution in [1.29, 1.82) is 0 Å². The van der Waals surface area contributed by atoms with Gasteiger partial charge in [-0.25, -0.2) is 0 Å². The van der Waals surface area contributed by atoms with Gasteiger partial charge in [0.25, 0.3) is 0 Å². The zero-order valence-corrected chi connectivity index (χ0v) is 6.79. The molecule has 0 saturated carbocycles. The van der Waals surface area contributed by atoms with Crippen molar-refractivity contribution in [2.75, 3.05) is 6.54 Å². The molecule has 0 aliphatic rings. The van der Waals surface area contributed by atoms with Crippen molar-refractivity contribution >= 4 is 5.91 Å². The summed E-state index contributed by atoms with van der Waals surface area (Å²) in [6, 6.07) is 3.85. The van der Waals surface area contributed by atoms with E-state index in [1.54, 1.807) is 12.4 Å². The Balaban J connectivity index is 2.29. The molecule has 0 aliphatic carbocycles. The van der Waals surface area contributed by atoms with Gasteiger partial charge in [0.15, 0.2) is 0 Å². The minimum atomic E-state index is -0.232. The van der Waals surface area contributed by atoms with E-state index in [-0.39, 0.29) is 5.91 Å². The Kier molecular flexibility index (Phi) is 3.26. The van der Waals surface area contributed by atoms with Crippen molar-refractivity contribution in [2.24, 2.45) is 0 Å². The van der Waals surface area contributed by atoms with Crippen molar-refractivity contribution in [2.45, 2.75) is 6.42 Å². The molecule has 0 aliphatic heterocycles. The maximum Gasteiger partial charge on any atom is 0.220 e. The third-order valence-electron chi connectivity index (χ3n) is 1.49. The maximum absolute atomic E-state index is 10.4. The SMILES string of the molecule is [CH2]C(=O)NCCc1ccncc1. The molecule has 1 aromatic heterocycles. The molecule has 12 heavy (non-hydrogen) atoms. The van der Waals surface area contributed by atoms with Gasteiger partial charge in [0.2, 0.25) is 5.91 Å². The first-order chi connectivity index (χ1) is 5.79. The predicted molar refractivity (Wildman–Crippen MR) is 46.3 cm³/mol. The van der Waals surface area contributed by atoms with E-state index in [9.17, 15) is 4.79 Å². The molecule has 0 atom stereocenters. The molecular formula is C9H11N2O. The zero-order valence-electron chi connectivity index (χ0n) is 6.79. The van der Waals surface area contributed by atoms with Crippen LogP contribution in [0.2, 0.25) is 0 Å². The summed E-state index contributed by atoms with van der Waals surface area (Å²) in [6.07, 6.45) is 4.30. The molecule has 1 N–H and O–H groups in total. The molecule has 0 bridgehead atoms. The van der Waals surface area contributed by atoms with E-state index in [2.05, 4.69) is 17.2 Å². The van der Waals surface area contributed by atoms with Crippen LogP contribution in [-0.2, 0) is 11.2 Å². The highest BCUT2D eigenvalue weighted by Gasteiger charge is 1.92. The van der Waals surface area contributed by atoms with E-state index in [0.29, 0.717) is 6.54 Å². The minimum absolute atomic E-state index is 0.232. The third kappa shape index (κ3) is 3.14. The fourth-order valence-electron chi connectivity index (χ4n) is 0.896. The molecule has 0 fully saturated rings. The van der Waals surface area contributed by atoms with Crippen molar-refractivity contribution in [3.05, 3.63) is 37.0 Å². The van der Waals surface area contributed by atoms with Crippen molar-refractivity contribution in [3.63, 3.8) is 0 Å². The van der Waals surface area contributed by atoms with Crippen LogP contribution in [0.1, 0.15) is 5.56 Å². The topological polar surface area (TPSA) is 42.0 Å². The number of hydrogen-bond donors (Lipinski definition) is 1. The molecule has 0 spiro atoms. The van der Waals surface area contributed by atoms with Crippen LogP contribution < -0.4 is 5.32 Å². The summed E-state index contributed by atoms with van der Waals surface area (Å²) in [5.41, 5.74) is 1.17. The first-order valence-corrected chi connectivity index (χ1v) is 3.78. The quantitative estimate of drug-likeness (QED) is 0.708. The van der Waals surface area contributed by atoms with Gasteiger partial charge in [-0.05, 0) is 24.1 Å². The Morgan fingerprint density at radius 1 is 1.50 bits per heavy atom. The van der Waals surface area contributed by atoms with Gasteiger partial charge in [0.05, 0.1) is 0 Å². The fraction of sp³-hybridized carbons (Fsp3) is 0.222. The van der Waals surface area contributed by atoms with E-state index >= 15 is 0 Å². The molecule has 0 saturated heterocycles. The lowest BCUT2D eigenvalue weighted by atomic mass is 10.2. The predicted octanol–water partition coefficient (Wildman–Crippen LogP) is 0.574. The first-order valence-electron chi connectivity index (χ1n) is 3.78. The lowest BCUT2D eigenvalue weighted by Gasteiger charge is -2.00. The fourth-order valence-corrected chi connectivity index (χ4v) is 0.896. The second kappa shape index (κ2) is 4.49. The second-order valence-electron chi connectivity index (χ2n) is 2.46. The Labute approximate surface area is 71.8 Å². The van der Waals surface area contributed by atoms with Crippen molar-refractivity contribution in [3.8, 4) is 0 Å². The molecule has 3 nitrogen and oxygen atoms in total. The molecular weight excluding hydrogens is 152 g/mol. The van der Waals surface area contributed by atoms with Crippen molar-refractivity contribution in [1.82, 2.24) is 10.3 Å². The van der Waals surface area contributed by atoms with E-state index in [4.69, 9.17) is 0 Å². The van der Waals surface area contributed by atoms with Gasteiger partial charge >= 0.3 is 0 Å². The molecule has 0 aromatic carbocycles. The van der Waals surface area contributed by atoms with Gasteiger partial charge in [-0.3, -0.25) is 9.78 Å². The molecule has 1 aromatic rings. The van der Waals surface area contributed by atoms with Crippen molar-refractivity contribution < 1.29 is 4.79 Å². The van der Waals surface area contributed by atoms with Crippen LogP contribution in [0.4, 0.5) is 0 Å². The molecule has 1 heterocycles. The van der Waals surface area contributed by atoms with Crippen LogP contribution in [0, 0.1) is 6.92 Å². The molecule has 3 heteroatoms. The van der Waals surface area contributed by atoms with Gasteiger partial charge < -0.3 is 5.32 Å². The van der Waals surface area contributed by atoms with E-state index < -0.39 is 0 Å². The summed E-state index contributed by atoms with van der Waals surface area (Å²) in [5.74, 6) is -0.232. The van der Waals surface area contributed by atoms with Crippen LogP contribution in [0.15, 0.2) is 24.5 Å². The van der Waals surface area contributed by atoms with Gasteiger partial charge in [-0.15, -0.1) is 0 Å².